The number of carbonyl (C=O) groups is 2. The fourth-order valence-corrected chi connectivity index (χ4v) is 4.25. The molecule has 3 amide bonds. The zero-order valence-corrected chi connectivity index (χ0v) is 15.1. The molecule has 2 heterocycles. The topological polar surface area (TPSA) is 81.3 Å². The minimum Gasteiger partial charge on any atom is -0.339 e. The van der Waals surface area contributed by atoms with E-state index >= 15 is 0 Å². The summed E-state index contributed by atoms with van der Waals surface area (Å²) in [6, 6.07) is 5.94. The molecule has 26 heavy (non-hydrogen) atoms. The number of H-pyrrole nitrogens is 1. The lowest BCUT2D eigenvalue weighted by Crippen LogP contribution is -2.37. The Balaban J connectivity index is 1.36. The Morgan fingerprint density at radius 1 is 1.38 bits per heavy atom. The second kappa shape index (κ2) is 6.97. The summed E-state index contributed by atoms with van der Waals surface area (Å²) in [7, 11) is 1.78. The Morgan fingerprint density at radius 3 is 3.00 bits per heavy atom. The van der Waals surface area contributed by atoms with Crippen LogP contribution >= 0.6 is 0 Å². The van der Waals surface area contributed by atoms with Gasteiger partial charge in [-0.1, -0.05) is 25.0 Å². The molecule has 0 radical (unpaired) electrons. The number of amides is 3. The molecule has 7 nitrogen and oxygen atoms in total. The number of anilines is 1. The molecular formula is C19H25N5O2. The fraction of sp³-hybridized carbons (Fsp3) is 0.526. The van der Waals surface area contributed by atoms with E-state index in [9.17, 15) is 9.59 Å². The summed E-state index contributed by atoms with van der Waals surface area (Å²) in [5.74, 6) is 0.458. The Morgan fingerprint density at radius 2 is 2.19 bits per heavy atom. The maximum Gasteiger partial charge on any atom is 0.321 e. The van der Waals surface area contributed by atoms with E-state index in [1.54, 1.807) is 18.1 Å². The number of para-hydroxylation sites is 1. The van der Waals surface area contributed by atoms with Gasteiger partial charge < -0.3 is 15.1 Å². The summed E-state index contributed by atoms with van der Waals surface area (Å²) in [6.45, 7) is 1.36. The lowest BCUT2D eigenvalue weighted by molar-refractivity contribution is -0.129. The highest BCUT2D eigenvalue weighted by molar-refractivity contribution is 5.99. The van der Waals surface area contributed by atoms with Gasteiger partial charge in [0.15, 0.2) is 0 Å². The van der Waals surface area contributed by atoms with E-state index in [1.807, 2.05) is 18.2 Å². The van der Waals surface area contributed by atoms with Crippen LogP contribution in [-0.2, 0) is 4.79 Å². The van der Waals surface area contributed by atoms with Gasteiger partial charge in [-0.3, -0.25) is 9.89 Å². The van der Waals surface area contributed by atoms with Crippen LogP contribution < -0.4 is 5.32 Å². The van der Waals surface area contributed by atoms with Crippen molar-refractivity contribution in [2.75, 3.05) is 25.5 Å². The highest BCUT2D eigenvalue weighted by Gasteiger charge is 2.36. The molecule has 1 aromatic carbocycles. The summed E-state index contributed by atoms with van der Waals surface area (Å²) in [6.07, 6.45) is 6.98. The first-order chi connectivity index (χ1) is 12.6. The van der Waals surface area contributed by atoms with Crippen LogP contribution in [0.2, 0.25) is 0 Å². The normalized spacial score (nSPS) is 20.9. The number of carbonyl (C=O) groups excluding carboxylic acids is 2. The molecule has 0 spiro atoms. The monoisotopic (exact) mass is 355 g/mol. The van der Waals surface area contributed by atoms with Crippen molar-refractivity contribution in [3.63, 3.8) is 0 Å². The van der Waals surface area contributed by atoms with Gasteiger partial charge in [-0.05, 0) is 18.9 Å². The van der Waals surface area contributed by atoms with E-state index in [4.69, 9.17) is 0 Å². The molecule has 2 aromatic rings. The van der Waals surface area contributed by atoms with Gasteiger partial charge in [0.05, 0.1) is 17.4 Å². The summed E-state index contributed by atoms with van der Waals surface area (Å²) >= 11 is 0. The molecule has 0 unspecified atom stereocenters. The first-order valence-electron chi connectivity index (χ1n) is 9.35. The number of fused-ring (bicyclic) bond motifs is 1. The van der Waals surface area contributed by atoms with Gasteiger partial charge in [0.2, 0.25) is 5.91 Å². The van der Waals surface area contributed by atoms with Crippen LogP contribution in [0.4, 0.5) is 10.5 Å². The Bertz CT molecular complexity index is 811. The number of hydrogen-bond donors (Lipinski definition) is 2. The van der Waals surface area contributed by atoms with Gasteiger partial charge in [0, 0.05) is 43.9 Å². The van der Waals surface area contributed by atoms with Gasteiger partial charge in [-0.2, -0.15) is 5.10 Å². The third-order valence-electron chi connectivity index (χ3n) is 5.60. The SMILES string of the molecule is CN(C[C@@H]1CC(=O)N(C2CCCC2)C1)C(=O)Nc1cccc2cn[nH]c12. The van der Waals surface area contributed by atoms with E-state index in [0.29, 0.717) is 24.7 Å². The van der Waals surface area contributed by atoms with Crippen LogP contribution in [0.3, 0.4) is 0 Å². The minimum absolute atomic E-state index is 0.168. The second-order valence-corrected chi connectivity index (χ2v) is 7.51. The number of benzene rings is 1. The van der Waals surface area contributed by atoms with Gasteiger partial charge in [-0.15, -0.1) is 0 Å². The van der Waals surface area contributed by atoms with E-state index in [2.05, 4.69) is 20.4 Å². The highest BCUT2D eigenvalue weighted by Crippen LogP contribution is 2.29. The summed E-state index contributed by atoms with van der Waals surface area (Å²) in [4.78, 5) is 28.6. The summed E-state index contributed by atoms with van der Waals surface area (Å²) < 4.78 is 0. The van der Waals surface area contributed by atoms with Crippen LogP contribution in [0.1, 0.15) is 32.1 Å². The molecule has 4 rings (SSSR count). The Labute approximate surface area is 152 Å². The molecule has 1 saturated carbocycles. The third-order valence-corrected chi connectivity index (χ3v) is 5.60. The van der Waals surface area contributed by atoms with Crippen molar-refractivity contribution in [3.8, 4) is 0 Å². The van der Waals surface area contributed by atoms with Crippen molar-refractivity contribution >= 4 is 28.5 Å². The molecule has 138 valence electrons. The first-order valence-corrected chi connectivity index (χ1v) is 9.35. The average molecular weight is 355 g/mol. The van der Waals surface area contributed by atoms with Crippen molar-refractivity contribution in [2.24, 2.45) is 5.92 Å². The van der Waals surface area contributed by atoms with Gasteiger partial charge in [-0.25, -0.2) is 4.79 Å². The zero-order chi connectivity index (χ0) is 18.1. The molecular weight excluding hydrogens is 330 g/mol. The molecule has 2 aliphatic rings. The number of aromatic amines is 1. The number of rotatable bonds is 4. The molecule has 1 aliphatic carbocycles. The van der Waals surface area contributed by atoms with E-state index in [0.717, 1.165) is 30.3 Å². The van der Waals surface area contributed by atoms with Gasteiger partial charge >= 0.3 is 6.03 Å². The zero-order valence-electron chi connectivity index (χ0n) is 15.1. The molecule has 1 atom stereocenters. The summed E-state index contributed by atoms with van der Waals surface area (Å²) in [5.41, 5.74) is 1.53. The van der Waals surface area contributed by atoms with Crippen LogP contribution in [-0.4, -0.2) is 58.1 Å². The largest absolute Gasteiger partial charge is 0.339 e. The average Bonchev–Trinajstić information content (AvgIpc) is 3.35. The molecule has 7 heteroatoms. The maximum atomic E-state index is 12.6. The van der Waals surface area contributed by atoms with Gasteiger partial charge in [0.1, 0.15) is 0 Å². The highest BCUT2D eigenvalue weighted by atomic mass is 16.2. The standard InChI is InChI=1S/C19H25N5O2/c1-23(11-13-9-17(25)24(12-13)15-6-2-3-7-15)19(26)21-16-8-4-5-14-10-20-22-18(14)16/h4-5,8,10,13,15H,2-3,6-7,9,11-12H2,1H3,(H,20,22)(H,21,26)/t13-/m0/s1. The van der Waals surface area contributed by atoms with Crippen molar-refractivity contribution in [2.45, 2.75) is 38.1 Å². The maximum absolute atomic E-state index is 12.6. The van der Waals surface area contributed by atoms with Crippen LogP contribution in [0.25, 0.3) is 10.9 Å². The third kappa shape index (κ3) is 3.25. The lowest BCUT2D eigenvalue weighted by Gasteiger charge is -2.25. The van der Waals surface area contributed by atoms with Crippen LogP contribution in [0.15, 0.2) is 24.4 Å². The van der Waals surface area contributed by atoms with Crippen LogP contribution in [0, 0.1) is 5.92 Å². The number of hydrogen-bond acceptors (Lipinski definition) is 3. The lowest BCUT2D eigenvalue weighted by atomic mass is 10.1. The molecule has 1 saturated heterocycles. The molecule has 2 fully saturated rings. The van der Waals surface area contributed by atoms with Crippen molar-refractivity contribution in [3.05, 3.63) is 24.4 Å². The Kier molecular flexibility index (Phi) is 4.53. The number of nitrogens with one attached hydrogen (secondary N) is 2. The predicted octanol–water partition coefficient (Wildman–Crippen LogP) is 2.82. The van der Waals surface area contributed by atoms with Crippen LogP contribution in [0.5, 0.6) is 0 Å². The van der Waals surface area contributed by atoms with E-state index < -0.39 is 0 Å². The first kappa shape index (κ1) is 16.9. The van der Waals surface area contributed by atoms with Crippen molar-refractivity contribution < 1.29 is 9.59 Å². The fourth-order valence-electron chi connectivity index (χ4n) is 4.25. The van der Waals surface area contributed by atoms with Crippen molar-refractivity contribution in [1.29, 1.82) is 0 Å². The Hall–Kier alpha value is -2.57. The van der Waals surface area contributed by atoms with Crippen molar-refractivity contribution in [1.82, 2.24) is 20.0 Å². The quantitative estimate of drug-likeness (QED) is 0.885. The van der Waals surface area contributed by atoms with E-state index in [1.165, 1.54) is 12.8 Å². The van der Waals surface area contributed by atoms with Gasteiger partial charge in [0.25, 0.3) is 0 Å². The molecule has 0 bridgehead atoms. The smallest absolute Gasteiger partial charge is 0.321 e. The summed E-state index contributed by atoms with van der Waals surface area (Å²) in [5, 5.41) is 10.8. The number of aromatic nitrogens is 2. The predicted molar refractivity (Wildman–Crippen MR) is 99.8 cm³/mol. The van der Waals surface area contributed by atoms with E-state index in [-0.39, 0.29) is 17.9 Å². The molecule has 1 aromatic heterocycles. The number of urea groups is 1. The number of nitrogens with zero attached hydrogens (tertiary/aromatic N) is 3. The molecule has 2 N–H and O–H groups in total. The second-order valence-electron chi connectivity index (χ2n) is 7.51. The molecule has 1 aliphatic heterocycles. The number of likely N-dealkylation sites (tertiary alicyclic amines) is 1. The minimum atomic E-state index is -0.168.